The molecular formula is C27H28FN3O5. The van der Waals surface area contributed by atoms with Gasteiger partial charge in [-0.15, -0.1) is 0 Å². The van der Waals surface area contributed by atoms with E-state index in [0.29, 0.717) is 43.2 Å². The summed E-state index contributed by atoms with van der Waals surface area (Å²) in [6, 6.07) is 11.3. The van der Waals surface area contributed by atoms with Gasteiger partial charge in [-0.2, -0.15) is 0 Å². The zero-order valence-electron chi connectivity index (χ0n) is 20.5. The normalized spacial score (nSPS) is 17.2. The quantitative estimate of drug-likeness (QED) is 0.568. The number of rotatable bonds is 6. The maximum atomic E-state index is 13.6. The highest BCUT2D eigenvalue weighted by molar-refractivity contribution is 6.06. The van der Waals surface area contributed by atoms with Crippen LogP contribution in [0.15, 0.2) is 42.5 Å². The van der Waals surface area contributed by atoms with E-state index in [4.69, 9.17) is 9.47 Å². The number of halogens is 1. The Morgan fingerprint density at radius 3 is 2.47 bits per heavy atom. The average molecular weight is 494 g/mol. The molecule has 0 spiro atoms. The van der Waals surface area contributed by atoms with E-state index in [9.17, 15) is 19.1 Å². The van der Waals surface area contributed by atoms with Crippen molar-refractivity contribution in [1.29, 1.82) is 0 Å². The fraction of sp³-hybridized carbons (Fsp3) is 0.333. The van der Waals surface area contributed by atoms with Crippen LogP contribution in [0.25, 0.3) is 0 Å². The van der Waals surface area contributed by atoms with Crippen LogP contribution in [0.5, 0.6) is 17.2 Å². The zero-order chi connectivity index (χ0) is 25.6. The van der Waals surface area contributed by atoms with Gasteiger partial charge >= 0.3 is 0 Å². The minimum absolute atomic E-state index is 0.141. The van der Waals surface area contributed by atoms with Gasteiger partial charge in [0.1, 0.15) is 22.9 Å². The molecule has 2 aliphatic heterocycles. The van der Waals surface area contributed by atoms with Gasteiger partial charge in [0.25, 0.3) is 11.8 Å². The zero-order valence-corrected chi connectivity index (χ0v) is 20.5. The Hall–Kier alpha value is -4.01. The molecule has 2 aromatic carbocycles. The number of ether oxygens (including phenoxy) is 2. The number of aromatic hydroxyl groups is 1. The van der Waals surface area contributed by atoms with E-state index >= 15 is 0 Å². The molecule has 8 nitrogen and oxygen atoms in total. The molecule has 1 N–H and O–H groups in total. The van der Waals surface area contributed by atoms with E-state index < -0.39 is 0 Å². The van der Waals surface area contributed by atoms with Crippen LogP contribution >= 0.6 is 0 Å². The molecule has 0 bridgehead atoms. The molecule has 0 saturated heterocycles. The maximum absolute atomic E-state index is 13.6. The van der Waals surface area contributed by atoms with E-state index in [1.807, 2.05) is 19.1 Å². The Kier molecular flexibility index (Phi) is 6.07. The van der Waals surface area contributed by atoms with Crippen molar-refractivity contribution < 1.29 is 28.6 Å². The van der Waals surface area contributed by atoms with Gasteiger partial charge in [0.15, 0.2) is 11.4 Å². The summed E-state index contributed by atoms with van der Waals surface area (Å²) in [4.78, 5) is 30.3. The minimum Gasteiger partial charge on any atom is -0.505 e. The fourth-order valence-electron chi connectivity index (χ4n) is 5.11. The van der Waals surface area contributed by atoms with Gasteiger partial charge in [-0.05, 0) is 36.8 Å². The number of carbonyl (C=O) groups excluding carboxylic acids is 2. The van der Waals surface area contributed by atoms with Crippen LogP contribution in [0.3, 0.4) is 0 Å². The van der Waals surface area contributed by atoms with Crippen molar-refractivity contribution >= 4 is 11.8 Å². The van der Waals surface area contributed by atoms with Crippen molar-refractivity contribution in [1.82, 2.24) is 14.4 Å². The van der Waals surface area contributed by atoms with Crippen LogP contribution in [-0.2, 0) is 26.1 Å². The van der Waals surface area contributed by atoms with Crippen LogP contribution in [-0.4, -0.2) is 58.1 Å². The van der Waals surface area contributed by atoms with Crippen molar-refractivity contribution in [3.63, 3.8) is 0 Å². The van der Waals surface area contributed by atoms with Crippen LogP contribution in [0, 0.1) is 5.82 Å². The number of amides is 2. The van der Waals surface area contributed by atoms with E-state index in [1.165, 1.54) is 12.1 Å². The van der Waals surface area contributed by atoms with Crippen molar-refractivity contribution in [2.45, 2.75) is 39.0 Å². The summed E-state index contributed by atoms with van der Waals surface area (Å²) >= 11 is 0. The standard InChI is InChI=1S/C27H28FN3O5/c1-16-13-31-21-10-11-29(14-17-4-7-19(28)8-5-17)26(33)23(21)25(32)24(31)27(34)30(16)15-18-6-9-20(35-2)12-22(18)36-3/h4-9,12,16,32H,10-11,13-15H2,1-3H3. The Morgan fingerprint density at radius 2 is 1.78 bits per heavy atom. The monoisotopic (exact) mass is 493 g/mol. The van der Waals surface area contributed by atoms with Gasteiger partial charge in [-0.1, -0.05) is 12.1 Å². The molecule has 1 atom stereocenters. The Bertz CT molecular complexity index is 1330. The second-order valence-electron chi connectivity index (χ2n) is 9.19. The number of hydrogen-bond acceptors (Lipinski definition) is 5. The van der Waals surface area contributed by atoms with Crippen LogP contribution < -0.4 is 9.47 Å². The lowest BCUT2D eigenvalue weighted by Gasteiger charge is -2.36. The Labute approximate surface area is 208 Å². The Morgan fingerprint density at radius 1 is 1.03 bits per heavy atom. The molecule has 0 saturated carbocycles. The number of fused-ring (bicyclic) bond motifs is 3. The molecule has 0 fully saturated rings. The smallest absolute Gasteiger partial charge is 0.274 e. The minimum atomic E-state index is -0.340. The summed E-state index contributed by atoms with van der Waals surface area (Å²) < 4.78 is 25.8. The van der Waals surface area contributed by atoms with Crippen LogP contribution in [0.2, 0.25) is 0 Å². The third-order valence-electron chi connectivity index (χ3n) is 7.03. The third kappa shape index (κ3) is 3.94. The first kappa shape index (κ1) is 23.7. The highest BCUT2D eigenvalue weighted by atomic mass is 19.1. The molecule has 9 heteroatoms. The number of aromatic nitrogens is 1. The topological polar surface area (TPSA) is 84.2 Å². The van der Waals surface area contributed by atoms with Crippen molar-refractivity contribution in [3.8, 4) is 17.2 Å². The predicted octanol–water partition coefficient (Wildman–Crippen LogP) is 3.59. The summed E-state index contributed by atoms with van der Waals surface area (Å²) in [5.41, 5.74) is 2.61. The van der Waals surface area contributed by atoms with Crippen LogP contribution in [0.1, 0.15) is 44.6 Å². The third-order valence-corrected chi connectivity index (χ3v) is 7.03. The average Bonchev–Trinajstić information content (AvgIpc) is 3.16. The van der Waals surface area contributed by atoms with Gasteiger partial charge in [-0.3, -0.25) is 9.59 Å². The lowest BCUT2D eigenvalue weighted by molar-refractivity contribution is 0.0585. The molecule has 1 unspecified atom stereocenters. The number of nitrogens with zero attached hydrogens (tertiary/aromatic N) is 3. The molecule has 2 amide bonds. The first-order valence-electron chi connectivity index (χ1n) is 11.8. The molecule has 0 aliphatic carbocycles. The first-order valence-corrected chi connectivity index (χ1v) is 11.8. The first-order chi connectivity index (χ1) is 17.3. The van der Waals surface area contributed by atoms with Crippen LogP contribution in [0.4, 0.5) is 4.39 Å². The molecule has 1 aromatic heterocycles. The highest BCUT2D eigenvalue weighted by Crippen LogP contribution is 2.38. The summed E-state index contributed by atoms with van der Waals surface area (Å²) in [5.74, 6) is -0.0298. The molecule has 5 rings (SSSR count). The van der Waals surface area contributed by atoms with Gasteiger partial charge in [0.05, 0.1) is 20.8 Å². The van der Waals surface area contributed by atoms with Gasteiger partial charge in [0, 0.05) is 49.4 Å². The summed E-state index contributed by atoms with van der Waals surface area (Å²) in [5, 5.41) is 11.1. The predicted molar refractivity (Wildman–Crippen MR) is 130 cm³/mol. The fourth-order valence-corrected chi connectivity index (χ4v) is 5.11. The van der Waals surface area contributed by atoms with E-state index in [0.717, 1.165) is 11.1 Å². The SMILES string of the molecule is COc1ccc(CN2C(=O)c3c(O)c4c(n3CC2C)CCN(Cc2ccc(F)cc2)C4=O)c(OC)c1. The summed E-state index contributed by atoms with van der Waals surface area (Å²) in [7, 11) is 3.14. The second kappa shape index (κ2) is 9.22. The highest BCUT2D eigenvalue weighted by Gasteiger charge is 2.41. The number of hydrogen-bond donors (Lipinski definition) is 1. The van der Waals surface area contributed by atoms with Crippen molar-refractivity contribution in [2.75, 3.05) is 20.8 Å². The molecule has 3 aromatic rings. The number of methoxy groups -OCH3 is 2. The van der Waals surface area contributed by atoms with Gasteiger partial charge in [0.2, 0.25) is 0 Å². The number of carbonyl (C=O) groups is 2. The van der Waals surface area contributed by atoms with Gasteiger partial charge < -0.3 is 28.9 Å². The molecular weight excluding hydrogens is 465 g/mol. The molecule has 188 valence electrons. The van der Waals surface area contributed by atoms with E-state index in [-0.39, 0.29) is 47.2 Å². The number of benzene rings is 2. The summed E-state index contributed by atoms with van der Waals surface area (Å²) in [6.45, 7) is 3.44. The summed E-state index contributed by atoms with van der Waals surface area (Å²) in [6.07, 6.45) is 0.516. The Balaban J connectivity index is 1.44. The van der Waals surface area contributed by atoms with E-state index in [1.54, 1.807) is 46.8 Å². The van der Waals surface area contributed by atoms with Crippen molar-refractivity contribution in [3.05, 3.63) is 76.4 Å². The molecule has 0 radical (unpaired) electrons. The maximum Gasteiger partial charge on any atom is 0.274 e. The van der Waals surface area contributed by atoms with E-state index in [2.05, 4.69) is 0 Å². The second-order valence-corrected chi connectivity index (χ2v) is 9.19. The van der Waals surface area contributed by atoms with Gasteiger partial charge in [-0.25, -0.2) is 4.39 Å². The lowest BCUT2D eigenvalue weighted by atomic mass is 10.0. The largest absolute Gasteiger partial charge is 0.505 e. The lowest BCUT2D eigenvalue weighted by Crippen LogP contribution is -2.46. The molecule has 36 heavy (non-hydrogen) atoms. The van der Waals surface area contributed by atoms with Crippen molar-refractivity contribution in [2.24, 2.45) is 0 Å². The molecule has 3 heterocycles. The molecule has 2 aliphatic rings.